The van der Waals surface area contributed by atoms with Crippen LogP contribution in [-0.2, 0) is 0 Å². The smallest absolute Gasteiger partial charge is 0.212 e. The van der Waals surface area contributed by atoms with Crippen LogP contribution in [0.15, 0.2) is 52.7 Å². The van der Waals surface area contributed by atoms with Crippen molar-refractivity contribution in [2.24, 2.45) is 5.10 Å². The lowest BCUT2D eigenvalue weighted by Crippen LogP contribution is -2.15. The molecule has 6 nitrogen and oxygen atoms in total. The summed E-state index contributed by atoms with van der Waals surface area (Å²) in [5, 5.41) is 14.3. The van der Waals surface area contributed by atoms with Gasteiger partial charge in [0.15, 0.2) is 5.82 Å². The summed E-state index contributed by atoms with van der Waals surface area (Å²) in [5.41, 5.74) is 4.02. The molecule has 1 aliphatic rings. The minimum atomic E-state index is 0.703. The highest BCUT2D eigenvalue weighted by Gasteiger charge is 2.23. The first kappa shape index (κ1) is 16.7. The molecule has 0 radical (unpaired) electrons. The summed E-state index contributed by atoms with van der Waals surface area (Å²) in [5.74, 6) is 2.93. The van der Waals surface area contributed by atoms with E-state index in [2.05, 4.69) is 23.2 Å². The standard InChI is InChI=1S/C19H18N4O2S/c1-12-6-4-5-7-14(12)18-20-21-19-23(18)22-16(11-26-19)15-9-8-13(24-2)10-17(15)25-3/h4-10H,11H2,1-3H3. The zero-order valence-electron chi connectivity index (χ0n) is 14.8. The van der Waals surface area contributed by atoms with Gasteiger partial charge in [0, 0.05) is 22.9 Å². The van der Waals surface area contributed by atoms with Crippen LogP contribution in [0.5, 0.6) is 11.5 Å². The zero-order chi connectivity index (χ0) is 18.1. The van der Waals surface area contributed by atoms with Crippen molar-refractivity contribution in [2.45, 2.75) is 12.1 Å². The van der Waals surface area contributed by atoms with Gasteiger partial charge in [-0.3, -0.25) is 0 Å². The summed E-state index contributed by atoms with van der Waals surface area (Å²) in [4.78, 5) is 0. The predicted molar refractivity (Wildman–Crippen MR) is 102 cm³/mol. The van der Waals surface area contributed by atoms with Crippen molar-refractivity contribution in [3.63, 3.8) is 0 Å². The molecule has 0 N–H and O–H groups in total. The third-order valence-electron chi connectivity index (χ3n) is 4.28. The second kappa shape index (κ2) is 6.84. The van der Waals surface area contributed by atoms with Gasteiger partial charge in [0.05, 0.1) is 19.9 Å². The molecule has 1 aliphatic heterocycles. The van der Waals surface area contributed by atoms with Crippen LogP contribution in [0.25, 0.3) is 11.4 Å². The Bertz CT molecular complexity index is 997. The molecule has 0 amide bonds. The molecule has 0 saturated heterocycles. The van der Waals surface area contributed by atoms with Crippen molar-refractivity contribution in [1.82, 2.24) is 14.9 Å². The number of rotatable bonds is 4. The van der Waals surface area contributed by atoms with Gasteiger partial charge in [0.2, 0.25) is 5.16 Å². The van der Waals surface area contributed by atoms with Crippen LogP contribution >= 0.6 is 11.8 Å². The van der Waals surface area contributed by atoms with Crippen molar-refractivity contribution in [1.29, 1.82) is 0 Å². The topological polar surface area (TPSA) is 61.5 Å². The Labute approximate surface area is 155 Å². The van der Waals surface area contributed by atoms with E-state index < -0.39 is 0 Å². The number of ether oxygens (including phenoxy) is 2. The summed E-state index contributed by atoms with van der Waals surface area (Å²) in [6.45, 7) is 2.06. The second-order valence-corrected chi connectivity index (χ2v) is 6.78. The molecule has 0 atom stereocenters. The Morgan fingerprint density at radius 1 is 1.00 bits per heavy atom. The highest BCUT2D eigenvalue weighted by Crippen LogP contribution is 2.32. The van der Waals surface area contributed by atoms with E-state index in [1.807, 2.05) is 41.1 Å². The van der Waals surface area contributed by atoms with E-state index in [1.54, 1.807) is 26.0 Å². The molecule has 2 aromatic carbocycles. The van der Waals surface area contributed by atoms with Gasteiger partial charge in [0.25, 0.3) is 0 Å². The molecule has 26 heavy (non-hydrogen) atoms. The van der Waals surface area contributed by atoms with Crippen LogP contribution < -0.4 is 9.47 Å². The van der Waals surface area contributed by atoms with Crippen molar-refractivity contribution in [3.8, 4) is 22.9 Å². The molecular formula is C19H18N4O2S. The Morgan fingerprint density at radius 3 is 2.62 bits per heavy atom. The number of hydrogen-bond acceptors (Lipinski definition) is 6. The third-order valence-corrected chi connectivity index (χ3v) is 5.21. The Hall–Kier alpha value is -2.80. The lowest BCUT2D eigenvalue weighted by atomic mass is 10.1. The molecule has 0 saturated carbocycles. The van der Waals surface area contributed by atoms with Gasteiger partial charge in [-0.05, 0) is 24.6 Å². The van der Waals surface area contributed by atoms with E-state index in [4.69, 9.17) is 14.6 Å². The molecule has 0 spiro atoms. The van der Waals surface area contributed by atoms with E-state index >= 15 is 0 Å². The van der Waals surface area contributed by atoms with Crippen molar-refractivity contribution >= 4 is 17.5 Å². The number of hydrogen-bond donors (Lipinski definition) is 0. The van der Waals surface area contributed by atoms with E-state index in [1.165, 1.54) is 0 Å². The van der Waals surface area contributed by atoms with Crippen LogP contribution in [0.1, 0.15) is 11.1 Å². The summed E-state index contributed by atoms with van der Waals surface area (Å²) < 4.78 is 12.6. The van der Waals surface area contributed by atoms with Gasteiger partial charge >= 0.3 is 0 Å². The molecule has 2 heterocycles. The lowest BCUT2D eigenvalue weighted by Gasteiger charge is -2.17. The molecule has 0 fully saturated rings. The Kier molecular flexibility index (Phi) is 4.38. The van der Waals surface area contributed by atoms with Gasteiger partial charge in [-0.25, -0.2) is 0 Å². The molecule has 7 heteroatoms. The summed E-state index contributed by atoms with van der Waals surface area (Å²) in [6, 6.07) is 13.9. The van der Waals surface area contributed by atoms with Gasteiger partial charge in [-0.15, -0.1) is 10.2 Å². The van der Waals surface area contributed by atoms with Crippen molar-refractivity contribution in [2.75, 3.05) is 20.0 Å². The fourth-order valence-corrected chi connectivity index (χ4v) is 3.72. The average molecular weight is 366 g/mol. The fraction of sp³-hybridized carbons (Fsp3) is 0.211. The monoisotopic (exact) mass is 366 g/mol. The van der Waals surface area contributed by atoms with Crippen molar-refractivity contribution in [3.05, 3.63) is 53.6 Å². The van der Waals surface area contributed by atoms with Crippen LogP contribution in [0.4, 0.5) is 0 Å². The molecule has 0 aliphatic carbocycles. The first-order chi connectivity index (χ1) is 12.7. The lowest BCUT2D eigenvalue weighted by molar-refractivity contribution is 0.394. The first-order valence-electron chi connectivity index (χ1n) is 8.15. The van der Waals surface area contributed by atoms with Gasteiger partial charge in [-0.2, -0.15) is 9.78 Å². The summed E-state index contributed by atoms with van der Waals surface area (Å²) >= 11 is 1.61. The van der Waals surface area contributed by atoms with Crippen LogP contribution in [-0.4, -0.2) is 40.6 Å². The normalized spacial score (nSPS) is 13.1. The molecule has 4 rings (SSSR count). The van der Waals surface area contributed by atoms with Gasteiger partial charge < -0.3 is 9.47 Å². The zero-order valence-corrected chi connectivity index (χ0v) is 15.6. The largest absolute Gasteiger partial charge is 0.497 e. The van der Waals surface area contributed by atoms with Gasteiger partial charge in [-0.1, -0.05) is 36.0 Å². The molecular weight excluding hydrogens is 348 g/mol. The molecule has 0 unspecified atom stereocenters. The number of nitrogens with zero attached hydrogens (tertiary/aromatic N) is 4. The molecule has 132 valence electrons. The van der Waals surface area contributed by atoms with Crippen LogP contribution in [0.2, 0.25) is 0 Å². The minimum Gasteiger partial charge on any atom is -0.497 e. The highest BCUT2D eigenvalue weighted by molar-refractivity contribution is 7.99. The maximum atomic E-state index is 5.53. The SMILES string of the molecule is COc1ccc(C2=Nn3c(nnc3-c3ccccc3C)SC2)c(OC)c1. The van der Waals surface area contributed by atoms with E-state index in [9.17, 15) is 0 Å². The Balaban J connectivity index is 1.81. The summed E-state index contributed by atoms with van der Waals surface area (Å²) in [7, 11) is 3.29. The number of thioether (sulfide) groups is 1. The number of methoxy groups -OCH3 is 2. The fourth-order valence-electron chi connectivity index (χ4n) is 2.89. The average Bonchev–Trinajstić information content (AvgIpc) is 3.10. The second-order valence-electron chi connectivity index (χ2n) is 5.83. The number of aromatic nitrogens is 3. The summed E-state index contributed by atoms with van der Waals surface area (Å²) in [6.07, 6.45) is 0. The highest BCUT2D eigenvalue weighted by atomic mass is 32.2. The quantitative estimate of drug-likeness (QED) is 0.706. The first-order valence-corrected chi connectivity index (χ1v) is 9.14. The third kappa shape index (κ3) is 2.84. The predicted octanol–water partition coefficient (Wildman–Crippen LogP) is 3.63. The van der Waals surface area contributed by atoms with Crippen molar-refractivity contribution < 1.29 is 9.47 Å². The maximum absolute atomic E-state index is 5.53. The minimum absolute atomic E-state index is 0.703. The maximum Gasteiger partial charge on any atom is 0.212 e. The van der Waals surface area contributed by atoms with E-state index in [0.717, 1.165) is 44.9 Å². The van der Waals surface area contributed by atoms with E-state index in [-0.39, 0.29) is 0 Å². The number of benzene rings is 2. The van der Waals surface area contributed by atoms with Crippen LogP contribution in [0, 0.1) is 6.92 Å². The van der Waals surface area contributed by atoms with Gasteiger partial charge in [0.1, 0.15) is 11.5 Å². The van der Waals surface area contributed by atoms with Crippen LogP contribution in [0.3, 0.4) is 0 Å². The Morgan fingerprint density at radius 2 is 1.85 bits per heavy atom. The molecule has 1 aromatic heterocycles. The number of fused-ring (bicyclic) bond motifs is 1. The number of aryl methyl sites for hydroxylation is 1. The molecule has 3 aromatic rings. The van der Waals surface area contributed by atoms with E-state index in [0.29, 0.717) is 5.75 Å². The molecule has 0 bridgehead atoms.